The van der Waals surface area contributed by atoms with Crippen molar-refractivity contribution in [2.45, 2.75) is 46.0 Å². The zero-order chi connectivity index (χ0) is 16.8. The van der Waals surface area contributed by atoms with E-state index >= 15 is 0 Å². The number of hydrogen-bond acceptors (Lipinski definition) is 2. The third kappa shape index (κ3) is 4.44. The molecular formula is C19H25NO3. The summed E-state index contributed by atoms with van der Waals surface area (Å²) < 4.78 is 0. The summed E-state index contributed by atoms with van der Waals surface area (Å²) in [5.74, 6) is -0.840. The lowest BCUT2D eigenvalue weighted by molar-refractivity contribution is -0.131. The number of benzene rings is 1. The maximum absolute atomic E-state index is 12.6. The van der Waals surface area contributed by atoms with Gasteiger partial charge in [-0.05, 0) is 55.4 Å². The summed E-state index contributed by atoms with van der Waals surface area (Å²) in [6, 6.07) is 5.64. The Morgan fingerprint density at radius 1 is 1.22 bits per heavy atom. The monoisotopic (exact) mass is 315 g/mol. The molecule has 1 N–H and O–H groups in total. The number of hydrogen-bond donors (Lipinski definition) is 1. The second-order valence-electron chi connectivity index (χ2n) is 6.14. The lowest BCUT2D eigenvalue weighted by Gasteiger charge is -2.27. The predicted octanol–water partition coefficient (Wildman–Crippen LogP) is 3.89. The molecule has 0 spiro atoms. The fourth-order valence-corrected chi connectivity index (χ4v) is 3.09. The van der Waals surface area contributed by atoms with Crippen molar-refractivity contribution < 1.29 is 14.7 Å². The van der Waals surface area contributed by atoms with Crippen LogP contribution in [0.25, 0.3) is 5.57 Å². The highest BCUT2D eigenvalue weighted by molar-refractivity contribution is 5.96. The molecule has 0 atom stereocenters. The van der Waals surface area contributed by atoms with Gasteiger partial charge in [-0.25, -0.2) is 4.79 Å². The van der Waals surface area contributed by atoms with Crippen molar-refractivity contribution in [1.82, 2.24) is 4.90 Å². The summed E-state index contributed by atoms with van der Waals surface area (Å²) in [6.45, 7) is 5.61. The summed E-state index contributed by atoms with van der Waals surface area (Å²) in [6.07, 6.45) is 6.21. The highest BCUT2D eigenvalue weighted by atomic mass is 16.4. The molecular weight excluding hydrogens is 290 g/mol. The molecule has 1 aromatic carbocycles. The van der Waals surface area contributed by atoms with E-state index in [4.69, 9.17) is 5.11 Å². The number of piperidine rings is 1. The van der Waals surface area contributed by atoms with Gasteiger partial charge in [-0.1, -0.05) is 25.5 Å². The molecule has 2 rings (SSSR count). The van der Waals surface area contributed by atoms with Gasteiger partial charge in [-0.2, -0.15) is 0 Å². The van der Waals surface area contributed by atoms with Crippen molar-refractivity contribution in [3.05, 3.63) is 41.0 Å². The molecule has 0 saturated carbocycles. The van der Waals surface area contributed by atoms with Crippen LogP contribution in [0.15, 0.2) is 24.3 Å². The number of nitrogens with zero attached hydrogens (tertiary/aromatic N) is 1. The summed E-state index contributed by atoms with van der Waals surface area (Å²) in [7, 11) is 0. The molecule has 0 unspecified atom stereocenters. The number of carboxylic acids is 1. The maximum Gasteiger partial charge on any atom is 0.328 e. The molecule has 1 aromatic rings. The van der Waals surface area contributed by atoms with Crippen LogP contribution in [0.1, 0.15) is 60.5 Å². The van der Waals surface area contributed by atoms with E-state index in [1.165, 1.54) is 12.5 Å². The molecule has 4 heteroatoms. The average Bonchev–Trinajstić information content (AvgIpc) is 2.54. The van der Waals surface area contributed by atoms with Crippen LogP contribution >= 0.6 is 0 Å². The van der Waals surface area contributed by atoms with Crippen molar-refractivity contribution >= 4 is 17.4 Å². The van der Waals surface area contributed by atoms with Gasteiger partial charge in [-0.15, -0.1) is 0 Å². The summed E-state index contributed by atoms with van der Waals surface area (Å²) in [4.78, 5) is 25.5. The standard InChI is InChI=1S/C19H25NO3/c1-3-7-15(13-18(21)22)16-8-9-17(14(2)12-16)19(23)20-10-5-4-6-11-20/h8-9,12-13H,3-7,10-11H2,1-2H3,(H,21,22)/b15-13+. The van der Waals surface area contributed by atoms with E-state index in [2.05, 4.69) is 0 Å². The molecule has 1 fully saturated rings. The summed E-state index contributed by atoms with van der Waals surface area (Å²) in [5, 5.41) is 9.02. The summed E-state index contributed by atoms with van der Waals surface area (Å²) in [5.41, 5.74) is 3.33. The van der Waals surface area contributed by atoms with Gasteiger partial charge in [0, 0.05) is 24.7 Å². The number of aryl methyl sites for hydroxylation is 1. The Balaban J connectivity index is 2.25. The molecule has 4 nitrogen and oxygen atoms in total. The molecule has 0 bridgehead atoms. The van der Waals surface area contributed by atoms with Gasteiger partial charge in [0.2, 0.25) is 0 Å². The van der Waals surface area contributed by atoms with Crippen LogP contribution in [0, 0.1) is 6.92 Å². The van der Waals surface area contributed by atoms with Crippen LogP contribution in [0.3, 0.4) is 0 Å². The first-order valence-corrected chi connectivity index (χ1v) is 8.36. The van der Waals surface area contributed by atoms with Gasteiger partial charge in [-0.3, -0.25) is 4.79 Å². The van der Waals surface area contributed by atoms with Gasteiger partial charge in [0.1, 0.15) is 0 Å². The average molecular weight is 315 g/mol. The minimum atomic E-state index is -0.931. The number of carbonyl (C=O) groups is 2. The Hall–Kier alpha value is -2.10. The number of carbonyl (C=O) groups excluding carboxylic acids is 1. The quantitative estimate of drug-likeness (QED) is 0.839. The molecule has 0 radical (unpaired) electrons. The van der Waals surface area contributed by atoms with Crippen LogP contribution in [-0.4, -0.2) is 35.0 Å². The minimum Gasteiger partial charge on any atom is -0.478 e. The number of carboxylic acid groups (broad SMARTS) is 1. The number of likely N-dealkylation sites (tertiary alicyclic amines) is 1. The van der Waals surface area contributed by atoms with E-state index < -0.39 is 5.97 Å². The predicted molar refractivity (Wildman–Crippen MR) is 91.5 cm³/mol. The SMILES string of the molecule is CCC/C(=C\C(=O)O)c1ccc(C(=O)N2CCCCC2)c(C)c1. The van der Waals surface area contributed by atoms with Crippen molar-refractivity contribution in [3.63, 3.8) is 0 Å². The van der Waals surface area contributed by atoms with Crippen molar-refractivity contribution in [1.29, 1.82) is 0 Å². The first-order chi connectivity index (χ1) is 11.0. The smallest absolute Gasteiger partial charge is 0.328 e. The fraction of sp³-hybridized carbons (Fsp3) is 0.474. The molecule has 23 heavy (non-hydrogen) atoms. The Morgan fingerprint density at radius 2 is 1.91 bits per heavy atom. The van der Waals surface area contributed by atoms with Crippen molar-refractivity contribution in [2.24, 2.45) is 0 Å². The van der Waals surface area contributed by atoms with Crippen molar-refractivity contribution in [3.8, 4) is 0 Å². The largest absolute Gasteiger partial charge is 0.478 e. The van der Waals surface area contributed by atoms with E-state index in [0.717, 1.165) is 54.6 Å². The van der Waals surface area contributed by atoms with Gasteiger partial charge in [0.15, 0.2) is 0 Å². The first-order valence-electron chi connectivity index (χ1n) is 8.36. The lowest BCUT2D eigenvalue weighted by atomic mass is 9.96. The van der Waals surface area contributed by atoms with Gasteiger partial charge in [0.05, 0.1) is 0 Å². The fourth-order valence-electron chi connectivity index (χ4n) is 3.09. The second-order valence-corrected chi connectivity index (χ2v) is 6.14. The van der Waals surface area contributed by atoms with E-state index in [-0.39, 0.29) is 5.91 Å². The Kier molecular flexibility index (Phi) is 5.97. The lowest BCUT2D eigenvalue weighted by Crippen LogP contribution is -2.35. The molecule has 1 aliphatic heterocycles. The highest BCUT2D eigenvalue weighted by Crippen LogP contribution is 2.24. The zero-order valence-corrected chi connectivity index (χ0v) is 14.0. The minimum absolute atomic E-state index is 0.0907. The Labute approximate surface area is 137 Å². The Bertz CT molecular complexity index is 613. The number of amides is 1. The van der Waals surface area contributed by atoms with E-state index in [1.807, 2.05) is 36.9 Å². The zero-order valence-electron chi connectivity index (χ0n) is 14.0. The van der Waals surface area contributed by atoms with Gasteiger partial charge < -0.3 is 10.0 Å². The topological polar surface area (TPSA) is 57.6 Å². The third-order valence-corrected chi connectivity index (χ3v) is 4.29. The van der Waals surface area contributed by atoms with E-state index in [1.54, 1.807) is 0 Å². The number of allylic oxidation sites excluding steroid dienone is 1. The summed E-state index contributed by atoms with van der Waals surface area (Å²) >= 11 is 0. The molecule has 1 aliphatic rings. The number of aliphatic carboxylic acids is 1. The van der Waals surface area contributed by atoms with Crippen LogP contribution in [0.4, 0.5) is 0 Å². The molecule has 124 valence electrons. The molecule has 0 aromatic heterocycles. The third-order valence-electron chi connectivity index (χ3n) is 4.29. The van der Waals surface area contributed by atoms with Crippen LogP contribution in [0.5, 0.6) is 0 Å². The Morgan fingerprint density at radius 3 is 2.48 bits per heavy atom. The second kappa shape index (κ2) is 7.95. The van der Waals surface area contributed by atoms with Gasteiger partial charge in [0.25, 0.3) is 5.91 Å². The molecule has 0 aliphatic carbocycles. The van der Waals surface area contributed by atoms with Crippen molar-refractivity contribution in [2.75, 3.05) is 13.1 Å². The van der Waals surface area contributed by atoms with Crippen LogP contribution in [0.2, 0.25) is 0 Å². The highest BCUT2D eigenvalue weighted by Gasteiger charge is 2.20. The normalized spacial score (nSPS) is 15.6. The van der Waals surface area contributed by atoms with Crippen LogP contribution in [-0.2, 0) is 4.79 Å². The van der Waals surface area contributed by atoms with E-state index in [9.17, 15) is 9.59 Å². The maximum atomic E-state index is 12.6. The number of rotatable bonds is 5. The molecule has 1 amide bonds. The van der Waals surface area contributed by atoms with Crippen LogP contribution < -0.4 is 0 Å². The molecule has 1 heterocycles. The first kappa shape index (κ1) is 17.3. The van der Waals surface area contributed by atoms with Gasteiger partial charge >= 0.3 is 5.97 Å². The van der Waals surface area contributed by atoms with E-state index in [0.29, 0.717) is 6.42 Å². The molecule has 1 saturated heterocycles.